The standard InChI is InChI=1S/C23H20N6O/c1-3-19(30)28-15-8-13(2)21-17(10-15)20-22(23(24)27-12-26-20)29(21)16-9-14-6-4-5-7-18(14)25-11-16/h3-9,11-12,15H,1,10H2,2H3,(H,28,30)(H2,24,26,27)/t15-/m1/s1/i1D2. The van der Waals surface area contributed by atoms with Gasteiger partial charge in [-0.25, -0.2) is 9.97 Å². The Kier molecular flexibility index (Phi) is 3.60. The third-order valence-corrected chi connectivity index (χ3v) is 5.41. The normalized spacial score (nSPS) is 16.4. The molecular weight excluding hydrogens is 376 g/mol. The van der Waals surface area contributed by atoms with Crippen LogP contribution < -0.4 is 11.1 Å². The minimum absolute atomic E-state index is 0.296. The van der Waals surface area contributed by atoms with Gasteiger partial charge in [0.2, 0.25) is 5.91 Å². The molecule has 3 N–H and O–H groups in total. The molecule has 0 radical (unpaired) electrons. The molecule has 7 nitrogen and oxygen atoms in total. The third kappa shape index (κ3) is 2.75. The molecule has 7 heteroatoms. The molecule has 0 saturated carbocycles. The van der Waals surface area contributed by atoms with Crippen LogP contribution >= 0.6 is 0 Å². The van der Waals surface area contributed by atoms with E-state index in [1.165, 1.54) is 6.33 Å². The van der Waals surface area contributed by atoms with Crippen LogP contribution in [0.1, 0.15) is 20.9 Å². The Bertz CT molecular complexity index is 1450. The lowest BCUT2D eigenvalue weighted by Gasteiger charge is -2.22. The fourth-order valence-corrected chi connectivity index (χ4v) is 4.22. The van der Waals surface area contributed by atoms with Gasteiger partial charge in [0.05, 0.1) is 37.4 Å². The molecule has 1 aliphatic carbocycles. The largest absolute Gasteiger partial charge is 0.382 e. The second kappa shape index (κ2) is 6.81. The molecule has 0 aliphatic heterocycles. The maximum Gasteiger partial charge on any atom is 0.243 e. The molecule has 0 spiro atoms. The van der Waals surface area contributed by atoms with Crippen molar-refractivity contribution in [3.05, 3.63) is 72.8 Å². The number of pyridine rings is 1. The molecule has 3 heterocycles. The number of aromatic nitrogens is 4. The number of hydrogen-bond donors (Lipinski definition) is 2. The van der Waals surface area contributed by atoms with Crippen molar-refractivity contribution in [2.24, 2.45) is 0 Å². The Morgan fingerprint density at radius 3 is 3.10 bits per heavy atom. The molecule has 1 amide bonds. The summed E-state index contributed by atoms with van der Waals surface area (Å²) < 4.78 is 16.4. The van der Waals surface area contributed by atoms with Gasteiger partial charge in [-0.05, 0) is 30.7 Å². The van der Waals surface area contributed by atoms with E-state index in [2.05, 4.69) is 26.3 Å². The van der Waals surface area contributed by atoms with E-state index in [0.717, 1.165) is 45.0 Å². The predicted octanol–water partition coefficient (Wildman–Crippen LogP) is 3.18. The van der Waals surface area contributed by atoms with Crippen molar-refractivity contribution >= 4 is 39.2 Å². The van der Waals surface area contributed by atoms with Gasteiger partial charge in [-0.15, -0.1) is 0 Å². The van der Waals surface area contributed by atoms with Gasteiger partial charge in [-0.3, -0.25) is 9.78 Å². The molecule has 3 aromatic heterocycles. The van der Waals surface area contributed by atoms with Gasteiger partial charge in [0.15, 0.2) is 5.82 Å². The summed E-state index contributed by atoms with van der Waals surface area (Å²) in [6.07, 6.45) is 6.67. The predicted molar refractivity (Wildman–Crippen MR) is 118 cm³/mol. The van der Waals surface area contributed by atoms with E-state index in [1.807, 2.05) is 48.0 Å². The molecule has 0 unspecified atom stereocenters. The van der Waals surface area contributed by atoms with Crippen LogP contribution in [-0.4, -0.2) is 31.5 Å². The number of nitrogens with zero attached hydrogens (tertiary/aromatic N) is 4. The van der Waals surface area contributed by atoms with Crippen LogP contribution in [0.3, 0.4) is 0 Å². The summed E-state index contributed by atoms with van der Waals surface area (Å²) in [4.78, 5) is 25.4. The first-order valence-electron chi connectivity index (χ1n) is 10.6. The van der Waals surface area contributed by atoms with Crippen LogP contribution in [0, 0.1) is 0 Å². The maximum atomic E-state index is 12.1. The number of fused-ring (bicyclic) bond motifs is 4. The third-order valence-electron chi connectivity index (χ3n) is 5.41. The van der Waals surface area contributed by atoms with Gasteiger partial charge in [-0.1, -0.05) is 30.8 Å². The molecular formula is C23H20N6O. The monoisotopic (exact) mass is 398 g/mol. The number of anilines is 1. The van der Waals surface area contributed by atoms with Crippen LogP contribution in [0.15, 0.2) is 61.5 Å². The molecule has 0 saturated heterocycles. The Morgan fingerprint density at radius 1 is 1.37 bits per heavy atom. The van der Waals surface area contributed by atoms with Crippen molar-refractivity contribution in [1.29, 1.82) is 0 Å². The number of nitrogens with one attached hydrogen (secondary N) is 1. The summed E-state index contributed by atoms with van der Waals surface area (Å²) in [5, 5.41) is 3.85. The van der Waals surface area contributed by atoms with Gasteiger partial charge < -0.3 is 15.6 Å². The molecule has 0 bridgehead atoms. The average molecular weight is 398 g/mol. The number of carbonyl (C=O) groups is 1. The zero-order chi connectivity index (χ0) is 22.4. The Hall–Kier alpha value is -4.00. The van der Waals surface area contributed by atoms with Crippen LogP contribution in [0.25, 0.3) is 33.2 Å². The topological polar surface area (TPSA) is 98.7 Å². The summed E-state index contributed by atoms with van der Waals surface area (Å²) >= 11 is 0. The SMILES string of the molecule is [2H]C([2H])=CC(=O)N[C@@H]1C=C(C)c2c(c3ncnc(N)c3n2-c2cnc3ccccc3c2)C1. The molecule has 148 valence electrons. The number of nitrogens with two attached hydrogens (primary N) is 1. The van der Waals surface area contributed by atoms with E-state index in [1.54, 1.807) is 0 Å². The van der Waals surface area contributed by atoms with Crippen molar-refractivity contribution in [2.75, 3.05) is 5.73 Å². The molecule has 30 heavy (non-hydrogen) atoms. The van der Waals surface area contributed by atoms with E-state index in [0.29, 0.717) is 17.8 Å². The van der Waals surface area contributed by atoms with Gasteiger partial charge in [0.1, 0.15) is 11.8 Å². The zero-order valence-corrected chi connectivity index (χ0v) is 16.3. The quantitative estimate of drug-likeness (QED) is 0.517. The number of carbonyl (C=O) groups excluding carboxylic acids is 1. The Morgan fingerprint density at radius 2 is 2.23 bits per heavy atom. The molecule has 1 aliphatic rings. The number of nitrogen functional groups attached to an aromatic ring is 1. The number of para-hydroxylation sites is 1. The second-order valence-corrected chi connectivity index (χ2v) is 7.32. The van der Waals surface area contributed by atoms with E-state index < -0.39 is 12.4 Å². The van der Waals surface area contributed by atoms with Crippen molar-refractivity contribution in [3.63, 3.8) is 0 Å². The summed E-state index contributed by atoms with van der Waals surface area (Å²) in [5.41, 5.74) is 12.3. The lowest BCUT2D eigenvalue weighted by Crippen LogP contribution is -2.35. The van der Waals surface area contributed by atoms with Crippen LogP contribution in [0.5, 0.6) is 0 Å². The average Bonchev–Trinajstić information content (AvgIpc) is 3.09. The van der Waals surface area contributed by atoms with Crippen molar-refractivity contribution < 1.29 is 7.54 Å². The second-order valence-electron chi connectivity index (χ2n) is 7.32. The highest BCUT2D eigenvalue weighted by atomic mass is 16.1. The van der Waals surface area contributed by atoms with Gasteiger partial charge in [0.25, 0.3) is 0 Å². The highest BCUT2D eigenvalue weighted by Gasteiger charge is 2.28. The number of benzene rings is 1. The summed E-state index contributed by atoms with van der Waals surface area (Å²) in [7, 11) is 0. The fourth-order valence-electron chi connectivity index (χ4n) is 4.22. The Balaban J connectivity index is 1.69. The molecule has 1 aromatic carbocycles. The van der Waals surface area contributed by atoms with Gasteiger partial charge >= 0.3 is 0 Å². The summed E-state index contributed by atoms with van der Waals surface area (Å²) in [5.74, 6) is -0.110. The minimum atomic E-state index is -0.541. The number of amides is 1. The highest BCUT2D eigenvalue weighted by Crippen LogP contribution is 2.38. The maximum absolute atomic E-state index is 12.1. The van der Waals surface area contributed by atoms with E-state index in [9.17, 15) is 4.79 Å². The zero-order valence-electron chi connectivity index (χ0n) is 18.3. The molecule has 1 atom stereocenters. The lowest BCUT2D eigenvalue weighted by molar-refractivity contribution is -0.116. The lowest BCUT2D eigenvalue weighted by atomic mass is 9.93. The number of rotatable bonds is 3. The first-order valence-corrected chi connectivity index (χ1v) is 9.55. The number of allylic oxidation sites excluding steroid dienone is 1. The van der Waals surface area contributed by atoms with Crippen LogP contribution in [-0.2, 0) is 11.2 Å². The van der Waals surface area contributed by atoms with Crippen LogP contribution in [0.4, 0.5) is 5.82 Å². The van der Waals surface area contributed by atoms with E-state index >= 15 is 0 Å². The molecule has 0 fully saturated rings. The van der Waals surface area contributed by atoms with Gasteiger partial charge in [-0.2, -0.15) is 0 Å². The highest BCUT2D eigenvalue weighted by molar-refractivity contribution is 5.96. The van der Waals surface area contributed by atoms with Crippen molar-refractivity contribution in [1.82, 2.24) is 24.8 Å². The fraction of sp³-hybridized carbons (Fsp3) is 0.130. The first kappa shape index (κ1) is 15.9. The smallest absolute Gasteiger partial charge is 0.243 e. The Labute approximate surface area is 175 Å². The first-order chi connectivity index (χ1) is 15.4. The molecule has 4 aromatic rings. The molecule has 5 rings (SSSR count). The van der Waals surface area contributed by atoms with E-state index in [-0.39, 0.29) is 6.04 Å². The van der Waals surface area contributed by atoms with Crippen LogP contribution in [0.2, 0.25) is 0 Å². The van der Waals surface area contributed by atoms with Crippen molar-refractivity contribution in [3.8, 4) is 5.69 Å². The number of hydrogen-bond acceptors (Lipinski definition) is 5. The van der Waals surface area contributed by atoms with E-state index in [4.69, 9.17) is 8.48 Å². The minimum Gasteiger partial charge on any atom is -0.382 e. The summed E-state index contributed by atoms with van der Waals surface area (Å²) in [6.45, 7) is 1.43. The van der Waals surface area contributed by atoms with Gasteiger partial charge in [0, 0.05) is 17.4 Å². The van der Waals surface area contributed by atoms with Crippen molar-refractivity contribution in [2.45, 2.75) is 19.4 Å². The summed E-state index contributed by atoms with van der Waals surface area (Å²) in [6, 6.07) is 9.67.